The highest BCUT2D eigenvalue weighted by molar-refractivity contribution is 9.10. The molecular weight excluding hydrogens is 348 g/mol. The summed E-state index contributed by atoms with van der Waals surface area (Å²) in [4.78, 5) is 12.0. The van der Waals surface area contributed by atoms with Crippen LogP contribution in [0.1, 0.15) is 15.9 Å². The van der Waals surface area contributed by atoms with Gasteiger partial charge in [0.25, 0.3) is 5.91 Å². The number of hydrogen-bond acceptors (Lipinski definition) is 4. The van der Waals surface area contributed by atoms with Gasteiger partial charge in [-0.1, -0.05) is 12.1 Å². The first-order chi connectivity index (χ1) is 10.6. The van der Waals surface area contributed by atoms with Crippen LogP contribution in [-0.4, -0.2) is 26.3 Å². The second-order valence-electron chi connectivity index (χ2n) is 4.32. The summed E-state index contributed by atoms with van der Waals surface area (Å²) in [5.41, 5.74) is 3.75. The van der Waals surface area contributed by atoms with Crippen molar-refractivity contribution >= 4 is 28.1 Å². The summed E-state index contributed by atoms with van der Waals surface area (Å²) >= 11 is 3.33. The molecule has 0 atom stereocenters. The van der Waals surface area contributed by atoms with E-state index in [1.54, 1.807) is 50.6 Å². The van der Waals surface area contributed by atoms with Crippen molar-refractivity contribution in [1.82, 2.24) is 5.43 Å². The van der Waals surface area contributed by atoms with Crippen LogP contribution in [0, 0.1) is 0 Å². The van der Waals surface area contributed by atoms with Gasteiger partial charge in [-0.2, -0.15) is 5.10 Å². The smallest absolute Gasteiger partial charge is 0.272 e. The number of ether oxygens (including phenoxy) is 2. The summed E-state index contributed by atoms with van der Waals surface area (Å²) in [5.74, 6) is 1.01. The molecule has 1 N–H and O–H groups in total. The van der Waals surface area contributed by atoms with Crippen LogP contribution in [0.15, 0.2) is 52.0 Å². The highest BCUT2D eigenvalue weighted by atomic mass is 79.9. The molecule has 2 aromatic carbocycles. The number of benzene rings is 2. The minimum absolute atomic E-state index is 0.293. The number of amides is 1. The van der Waals surface area contributed by atoms with Crippen LogP contribution in [0.2, 0.25) is 0 Å². The molecule has 0 aliphatic carbocycles. The maximum atomic E-state index is 12.0. The largest absolute Gasteiger partial charge is 0.497 e. The van der Waals surface area contributed by atoms with E-state index in [4.69, 9.17) is 9.47 Å². The summed E-state index contributed by atoms with van der Waals surface area (Å²) < 4.78 is 11.1. The summed E-state index contributed by atoms with van der Waals surface area (Å²) in [6.07, 6.45) is 1.53. The van der Waals surface area contributed by atoms with Gasteiger partial charge in [0.1, 0.15) is 11.5 Å². The first kappa shape index (κ1) is 16.0. The van der Waals surface area contributed by atoms with Gasteiger partial charge in [0.05, 0.1) is 26.0 Å². The quantitative estimate of drug-likeness (QED) is 0.656. The molecule has 114 valence electrons. The second-order valence-corrected chi connectivity index (χ2v) is 5.18. The summed E-state index contributed by atoms with van der Waals surface area (Å²) in [7, 11) is 3.15. The van der Waals surface area contributed by atoms with Gasteiger partial charge in [0.15, 0.2) is 0 Å². The zero-order valence-corrected chi connectivity index (χ0v) is 13.8. The van der Waals surface area contributed by atoms with Crippen molar-refractivity contribution in [1.29, 1.82) is 0 Å². The Kier molecular flexibility index (Phi) is 5.55. The number of carbonyl (C=O) groups excluding carboxylic acids is 1. The Hall–Kier alpha value is -2.34. The molecule has 0 fully saturated rings. The average molecular weight is 363 g/mol. The molecule has 0 saturated heterocycles. The number of hydrogen-bond donors (Lipinski definition) is 1. The van der Waals surface area contributed by atoms with Crippen molar-refractivity contribution in [2.45, 2.75) is 0 Å². The lowest BCUT2D eigenvalue weighted by molar-refractivity contribution is 0.0954. The number of nitrogens with one attached hydrogen (secondary N) is 1. The van der Waals surface area contributed by atoms with Gasteiger partial charge in [0.2, 0.25) is 0 Å². The third-order valence-corrected chi connectivity index (χ3v) is 3.56. The SMILES string of the molecule is COc1cc(C=NNC(=O)c2ccccc2Br)cc(OC)c1. The first-order valence-corrected chi connectivity index (χ1v) is 7.24. The van der Waals surface area contributed by atoms with Crippen molar-refractivity contribution in [2.24, 2.45) is 5.10 Å². The third kappa shape index (κ3) is 4.08. The number of methoxy groups -OCH3 is 2. The summed E-state index contributed by atoms with van der Waals surface area (Å²) in [5, 5.41) is 3.95. The van der Waals surface area contributed by atoms with E-state index in [0.717, 1.165) is 5.56 Å². The Bertz CT molecular complexity index is 679. The lowest BCUT2D eigenvalue weighted by Gasteiger charge is -2.05. The fourth-order valence-corrected chi connectivity index (χ4v) is 2.24. The van der Waals surface area contributed by atoms with Gasteiger partial charge in [-0.05, 0) is 40.2 Å². The molecule has 5 nitrogen and oxygen atoms in total. The Morgan fingerprint density at radius 1 is 1.14 bits per heavy atom. The van der Waals surface area contributed by atoms with E-state index in [0.29, 0.717) is 21.5 Å². The fourth-order valence-electron chi connectivity index (χ4n) is 1.77. The molecule has 22 heavy (non-hydrogen) atoms. The Morgan fingerprint density at radius 2 is 1.77 bits per heavy atom. The lowest BCUT2D eigenvalue weighted by Crippen LogP contribution is -2.18. The van der Waals surface area contributed by atoms with Gasteiger partial charge < -0.3 is 9.47 Å². The maximum absolute atomic E-state index is 12.0. The molecular formula is C16H15BrN2O3. The van der Waals surface area contributed by atoms with Crippen LogP contribution < -0.4 is 14.9 Å². The molecule has 6 heteroatoms. The number of nitrogens with zero attached hydrogens (tertiary/aromatic N) is 1. The van der Waals surface area contributed by atoms with Crippen molar-refractivity contribution < 1.29 is 14.3 Å². The topological polar surface area (TPSA) is 59.9 Å². The van der Waals surface area contributed by atoms with Gasteiger partial charge in [0, 0.05) is 16.1 Å². The normalized spacial score (nSPS) is 10.5. The van der Waals surface area contributed by atoms with Crippen LogP contribution in [0.5, 0.6) is 11.5 Å². The van der Waals surface area contributed by atoms with E-state index in [1.807, 2.05) is 6.07 Å². The third-order valence-electron chi connectivity index (χ3n) is 2.87. The molecule has 0 heterocycles. The lowest BCUT2D eigenvalue weighted by atomic mass is 10.2. The van der Waals surface area contributed by atoms with E-state index >= 15 is 0 Å². The van der Waals surface area contributed by atoms with Crippen LogP contribution in [-0.2, 0) is 0 Å². The molecule has 0 aliphatic heterocycles. The van der Waals surface area contributed by atoms with Crippen LogP contribution in [0.4, 0.5) is 0 Å². The zero-order valence-electron chi connectivity index (χ0n) is 12.2. The number of hydrazone groups is 1. The standard InChI is InChI=1S/C16H15BrN2O3/c1-21-12-7-11(8-13(9-12)22-2)10-18-19-16(20)14-5-3-4-6-15(14)17/h3-10H,1-2H3,(H,19,20). The highest BCUT2D eigenvalue weighted by Crippen LogP contribution is 2.21. The Balaban J connectivity index is 2.09. The zero-order chi connectivity index (χ0) is 15.9. The number of halogens is 1. The molecule has 2 aromatic rings. The summed E-state index contributed by atoms with van der Waals surface area (Å²) in [6, 6.07) is 12.5. The Morgan fingerprint density at radius 3 is 2.36 bits per heavy atom. The van der Waals surface area contributed by atoms with E-state index in [1.165, 1.54) is 6.21 Å². The number of carbonyl (C=O) groups is 1. The van der Waals surface area contributed by atoms with Crippen molar-refractivity contribution in [3.63, 3.8) is 0 Å². The average Bonchev–Trinajstić information content (AvgIpc) is 2.54. The second kappa shape index (κ2) is 7.61. The highest BCUT2D eigenvalue weighted by Gasteiger charge is 2.07. The van der Waals surface area contributed by atoms with Crippen molar-refractivity contribution in [3.05, 3.63) is 58.1 Å². The Labute approximate surface area is 137 Å². The monoisotopic (exact) mass is 362 g/mol. The van der Waals surface area contributed by atoms with Crippen LogP contribution >= 0.6 is 15.9 Å². The van der Waals surface area contributed by atoms with Gasteiger partial charge in [-0.25, -0.2) is 5.43 Å². The molecule has 0 aliphatic rings. The van der Waals surface area contributed by atoms with Gasteiger partial charge in [-0.15, -0.1) is 0 Å². The van der Waals surface area contributed by atoms with Crippen LogP contribution in [0.25, 0.3) is 0 Å². The molecule has 0 radical (unpaired) electrons. The van der Waals surface area contributed by atoms with Gasteiger partial charge in [-0.3, -0.25) is 4.79 Å². The minimum atomic E-state index is -0.293. The van der Waals surface area contributed by atoms with Crippen LogP contribution in [0.3, 0.4) is 0 Å². The van der Waals surface area contributed by atoms with E-state index < -0.39 is 0 Å². The van der Waals surface area contributed by atoms with E-state index in [-0.39, 0.29) is 5.91 Å². The van der Waals surface area contributed by atoms with Crippen molar-refractivity contribution in [3.8, 4) is 11.5 Å². The predicted octanol–water partition coefficient (Wildman–Crippen LogP) is 3.23. The molecule has 1 amide bonds. The minimum Gasteiger partial charge on any atom is -0.497 e. The number of rotatable bonds is 5. The first-order valence-electron chi connectivity index (χ1n) is 6.45. The molecule has 0 bridgehead atoms. The summed E-state index contributed by atoms with van der Waals surface area (Å²) in [6.45, 7) is 0. The molecule has 2 rings (SSSR count). The van der Waals surface area contributed by atoms with E-state index in [9.17, 15) is 4.79 Å². The van der Waals surface area contributed by atoms with E-state index in [2.05, 4.69) is 26.5 Å². The molecule has 0 saturated carbocycles. The van der Waals surface area contributed by atoms with Gasteiger partial charge >= 0.3 is 0 Å². The molecule has 0 unspecified atom stereocenters. The predicted molar refractivity (Wildman–Crippen MR) is 88.7 cm³/mol. The molecule has 0 spiro atoms. The maximum Gasteiger partial charge on any atom is 0.272 e. The molecule has 0 aromatic heterocycles. The fraction of sp³-hybridized carbons (Fsp3) is 0.125. The van der Waals surface area contributed by atoms with Crippen molar-refractivity contribution in [2.75, 3.05) is 14.2 Å².